The molecule has 0 radical (unpaired) electrons. The number of nitrogens with zero attached hydrogens (tertiary/aromatic N) is 1. The molecular formula is C21H17ClN2O. The fourth-order valence-corrected chi connectivity index (χ4v) is 3.23. The van der Waals surface area contributed by atoms with E-state index >= 15 is 0 Å². The highest BCUT2D eigenvalue weighted by molar-refractivity contribution is 6.30. The second-order valence-corrected chi connectivity index (χ2v) is 6.59. The maximum atomic E-state index is 13.2. The van der Waals surface area contributed by atoms with Crippen LogP contribution in [0.1, 0.15) is 27.7 Å². The number of anilines is 2. The molecule has 25 heavy (non-hydrogen) atoms. The Bertz CT molecular complexity index is 919. The molecule has 1 amide bonds. The average Bonchev–Trinajstić information content (AvgIpc) is 2.63. The van der Waals surface area contributed by atoms with E-state index in [9.17, 15) is 4.79 Å². The molecule has 0 saturated carbocycles. The largest absolute Gasteiger partial charge is 0.360 e. The molecule has 0 aliphatic carbocycles. The number of aryl methyl sites for hydroxylation is 1. The van der Waals surface area contributed by atoms with Crippen LogP contribution < -0.4 is 10.2 Å². The normalized spacial score (nSPS) is 16.3. The van der Waals surface area contributed by atoms with Crippen LogP contribution in [0.5, 0.6) is 0 Å². The van der Waals surface area contributed by atoms with Crippen molar-refractivity contribution in [1.82, 2.24) is 0 Å². The fraction of sp³-hybridized carbons (Fsp3) is 0.0952. The Hall–Kier alpha value is -2.78. The van der Waals surface area contributed by atoms with Crippen LogP contribution in [0.3, 0.4) is 0 Å². The molecule has 0 unspecified atom stereocenters. The van der Waals surface area contributed by atoms with E-state index in [0.29, 0.717) is 10.6 Å². The van der Waals surface area contributed by atoms with Gasteiger partial charge in [0.15, 0.2) is 0 Å². The van der Waals surface area contributed by atoms with E-state index in [2.05, 4.69) is 36.5 Å². The van der Waals surface area contributed by atoms with Gasteiger partial charge in [0, 0.05) is 16.4 Å². The van der Waals surface area contributed by atoms with Crippen LogP contribution in [0.25, 0.3) is 0 Å². The Morgan fingerprint density at radius 3 is 2.32 bits per heavy atom. The minimum Gasteiger partial charge on any atom is -0.360 e. The maximum absolute atomic E-state index is 13.2. The van der Waals surface area contributed by atoms with Crippen molar-refractivity contribution in [2.75, 3.05) is 10.2 Å². The van der Waals surface area contributed by atoms with Gasteiger partial charge in [-0.15, -0.1) is 0 Å². The van der Waals surface area contributed by atoms with Gasteiger partial charge in [0.2, 0.25) is 0 Å². The van der Waals surface area contributed by atoms with Gasteiger partial charge in [0.05, 0.1) is 5.56 Å². The number of para-hydroxylation sites is 1. The van der Waals surface area contributed by atoms with Crippen LogP contribution in [0.4, 0.5) is 11.4 Å². The van der Waals surface area contributed by atoms with Crippen molar-refractivity contribution in [3.63, 3.8) is 0 Å². The van der Waals surface area contributed by atoms with Gasteiger partial charge in [0.1, 0.15) is 6.17 Å². The Morgan fingerprint density at radius 2 is 1.60 bits per heavy atom. The van der Waals surface area contributed by atoms with Crippen LogP contribution in [-0.4, -0.2) is 5.91 Å². The molecule has 1 aliphatic rings. The molecule has 4 heteroatoms. The summed E-state index contributed by atoms with van der Waals surface area (Å²) in [5.74, 6) is -0.0257. The Morgan fingerprint density at radius 1 is 0.920 bits per heavy atom. The molecule has 124 valence electrons. The van der Waals surface area contributed by atoms with E-state index in [0.717, 1.165) is 16.9 Å². The number of nitrogens with one attached hydrogen (secondary N) is 1. The highest BCUT2D eigenvalue weighted by Crippen LogP contribution is 2.36. The van der Waals surface area contributed by atoms with Crippen molar-refractivity contribution in [1.29, 1.82) is 0 Å². The SMILES string of the molecule is Cc1ccc([C@@H]2Nc3ccccc3C(=O)N2c2ccc(Cl)cc2)cc1. The smallest absolute Gasteiger partial charge is 0.262 e. The van der Waals surface area contributed by atoms with Crippen LogP contribution in [0.15, 0.2) is 72.8 Å². The number of carbonyl (C=O) groups is 1. The molecule has 3 aromatic rings. The zero-order valence-corrected chi connectivity index (χ0v) is 14.5. The summed E-state index contributed by atoms with van der Waals surface area (Å²) in [6.45, 7) is 2.05. The fourth-order valence-electron chi connectivity index (χ4n) is 3.10. The molecular weight excluding hydrogens is 332 g/mol. The summed E-state index contributed by atoms with van der Waals surface area (Å²) in [5, 5.41) is 4.15. The van der Waals surface area contributed by atoms with Crippen molar-refractivity contribution >= 4 is 28.9 Å². The lowest BCUT2D eigenvalue weighted by Crippen LogP contribution is -2.43. The summed E-state index contributed by atoms with van der Waals surface area (Å²) in [6, 6.07) is 23.2. The van der Waals surface area contributed by atoms with E-state index in [4.69, 9.17) is 11.6 Å². The Labute approximate surface area is 151 Å². The Kier molecular flexibility index (Phi) is 3.94. The van der Waals surface area contributed by atoms with E-state index in [1.54, 1.807) is 17.0 Å². The molecule has 3 nitrogen and oxygen atoms in total. The minimum atomic E-state index is -0.274. The van der Waals surface area contributed by atoms with Crippen molar-refractivity contribution < 1.29 is 4.79 Å². The van der Waals surface area contributed by atoms with Crippen LogP contribution in [0.2, 0.25) is 5.02 Å². The lowest BCUT2D eigenvalue weighted by molar-refractivity contribution is 0.0975. The lowest BCUT2D eigenvalue weighted by Gasteiger charge is -2.38. The monoisotopic (exact) mass is 348 g/mol. The average molecular weight is 349 g/mol. The van der Waals surface area contributed by atoms with Crippen LogP contribution in [0, 0.1) is 6.92 Å². The predicted molar refractivity (Wildman–Crippen MR) is 102 cm³/mol. The molecule has 4 rings (SSSR count). The second kappa shape index (κ2) is 6.26. The van der Waals surface area contributed by atoms with Gasteiger partial charge in [-0.2, -0.15) is 0 Å². The van der Waals surface area contributed by atoms with Crippen LogP contribution >= 0.6 is 11.6 Å². The van der Waals surface area contributed by atoms with Gasteiger partial charge in [0.25, 0.3) is 5.91 Å². The van der Waals surface area contributed by atoms with E-state index in [-0.39, 0.29) is 12.1 Å². The number of rotatable bonds is 2. The second-order valence-electron chi connectivity index (χ2n) is 6.15. The van der Waals surface area contributed by atoms with Crippen molar-refractivity contribution in [2.45, 2.75) is 13.1 Å². The first-order valence-corrected chi connectivity index (χ1v) is 8.52. The first-order valence-electron chi connectivity index (χ1n) is 8.15. The zero-order valence-electron chi connectivity index (χ0n) is 13.7. The third-order valence-corrected chi connectivity index (χ3v) is 4.68. The molecule has 1 aliphatic heterocycles. The van der Waals surface area contributed by atoms with Crippen molar-refractivity contribution in [3.8, 4) is 0 Å². The molecule has 0 spiro atoms. The summed E-state index contributed by atoms with van der Waals surface area (Å²) in [4.78, 5) is 15.0. The van der Waals surface area contributed by atoms with Gasteiger partial charge in [-0.1, -0.05) is 53.6 Å². The first-order chi connectivity index (χ1) is 12.1. The highest BCUT2D eigenvalue weighted by atomic mass is 35.5. The van der Waals surface area contributed by atoms with Gasteiger partial charge >= 0.3 is 0 Å². The summed E-state index contributed by atoms with van der Waals surface area (Å²) >= 11 is 6.02. The van der Waals surface area contributed by atoms with Gasteiger partial charge in [-0.25, -0.2) is 0 Å². The van der Waals surface area contributed by atoms with E-state index in [1.807, 2.05) is 36.4 Å². The number of hydrogen-bond donors (Lipinski definition) is 1. The number of halogens is 1. The summed E-state index contributed by atoms with van der Waals surface area (Å²) in [6.07, 6.45) is -0.274. The van der Waals surface area contributed by atoms with Crippen molar-refractivity contribution in [3.05, 3.63) is 94.5 Å². The van der Waals surface area contributed by atoms with E-state index < -0.39 is 0 Å². The Balaban J connectivity index is 1.85. The first kappa shape index (κ1) is 15.7. The zero-order chi connectivity index (χ0) is 17.4. The molecule has 0 aromatic heterocycles. The minimum absolute atomic E-state index is 0.0257. The molecule has 1 N–H and O–H groups in total. The molecule has 0 bridgehead atoms. The summed E-state index contributed by atoms with van der Waals surface area (Å²) < 4.78 is 0. The lowest BCUT2D eigenvalue weighted by atomic mass is 10.0. The summed E-state index contributed by atoms with van der Waals surface area (Å²) in [7, 11) is 0. The van der Waals surface area contributed by atoms with Gasteiger partial charge in [-0.3, -0.25) is 9.69 Å². The molecule has 0 fully saturated rings. The summed E-state index contributed by atoms with van der Waals surface area (Å²) in [5.41, 5.74) is 4.54. The third-order valence-electron chi connectivity index (χ3n) is 4.42. The quantitative estimate of drug-likeness (QED) is 0.670. The standard InChI is InChI=1S/C21H17ClN2O/c1-14-6-8-15(9-7-14)20-23-19-5-3-2-4-18(19)21(25)24(20)17-12-10-16(22)11-13-17/h2-13,20,23H,1H3/t20-/m1/s1. The van der Waals surface area contributed by atoms with Gasteiger partial charge in [-0.05, 0) is 48.9 Å². The topological polar surface area (TPSA) is 32.3 Å². The number of benzene rings is 3. The third kappa shape index (κ3) is 2.87. The number of hydrogen-bond acceptors (Lipinski definition) is 2. The molecule has 1 heterocycles. The number of amides is 1. The molecule has 1 atom stereocenters. The van der Waals surface area contributed by atoms with Gasteiger partial charge < -0.3 is 5.32 Å². The molecule has 3 aromatic carbocycles. The highest BCUT2D eigenvalue weighted by Gasteiger charge is 2.33. The van der Waals surface area contributed by atoms with Crippen molar-refractivity contribution in [2.24, 2.45) is 0 Å². The van der Waals surface area contributed by atoms with Crippen LogP contribution in [-0.2, 0) is 0 Å². The number of fused-ring (bicyclic) bond motifs is 1. The van der Waals surface area contributed by atoms with E-state index in [1.165, 1.54) is 5.56 Å². The molecule has 0 saturated heterocycles. The predicted octanol–water partition coefficient (Wildman–Crippen LogP) is 5.42. The number of carbonyl (C=O) groups excluding carboxylic acids is 1. The maximum Gasteiger partial charge on any atom is 0.262 e.